The number of amides is 1. The van der Waals surface area contributed by atoms with Crippen molar-refractivity contribution in [3.8, 4) is 0 Å². The van der Waals surface area contributed by atoms with Crippen LogP contribution < -0.4 is 10.0 Å². The molecule has 1 heterocycles. The summed E-state index contributed by atoms with van der Waals surface area (Å²) < 4.78 is 31.1. The van der Waals surface area contributed by atoms with E-state index in [2.05, 4.69) is 15.0 Å². The summed E-state index contributed by atoms with van der Waals surface area (Å²) in [5.74, 6) is 0.444. The summed E-state index contributed by atoms with van der Waals surface area (Å²) in [7, 11) is -2.08. The molecule has 1 amide bonds. The molecule has 0 unspecified atom stereocenters. The zero-order valence-corrected chi connectivity index (χ0v) is 15.3. The first-order valence-corrected chi connectivity index (χ1v) is 9.55. The van der Waals surface area contributed by atoms with E-state index in [1.807, 2.05) is 0 Å². The highest BCUT2D eigenvalue weighted by molar-refractivity contribution is 7.89. The zero-order chi connectivity index (χ0) is 18.7. The largest absolute Gasteiger partial charge is 0.441 e. The first-order chi connectivity index (χ1) is 12.4. The highest BCUT2D eigenvalue weighted by atomic mass is 32.2. The molecule has 0 saturated carbocycles. The van der Waals surface area contributed by atoms with Crippen LogP contribution in [-0.4, -0.2) is 26.4 Å². The molecule has 0 aliphatic carbocycles. The number of anilines is 1. The molecule has 0 bridgehead atoms. The predicted molar refractivity (Wildman–Crippen MR) is 98.4 cm³/mol. The Labute approximate surface area is 151 Å². The van der Waals surface area contributed by atoms with Gasteiger partial charge in [0, 0.05) is 25.1 Å². The number of rotatable bonds is 6. The van der Waals surface area contributed by atoms with Crippen LogP contribution in [-0.2, 0) is 21.2 Å². The van der Waals surface area contributed by atoms with E-state index in [9.17, 15) is 13.2 Å². The number of nitrogens with zero attached hydrogens (tertiary/aromatic N) is 1. The van der Waals surface area contributed by atoms with Gasteiger partial charge in [0.05, 0.1) is 4.90 Å². The maximum absolute atomic E-state index is 12.1. The van der Waals surface area contributed by atoms with Crippen LogP contribution in [0.15, 0.2) is 51.8 Å². The Morgan fingerprint density at radius 3 is 2.58 bits per heavy atom. The van der Waals surface area contributed by atoms with Crippen molar-refractivity contribution < 1.29 is 17.6 Å². The van der Waals surface area contributed by atoms with Gasteiger partial charge in [0.15, 0.2) is 11.5 Å². The van der Waals surface area contributed by atoms with E-state index in [-0.39, 0.29) is 17.2 Å². The van der Waals surface area contributed by atoms with Crippen LogP contribution >= 0.6 is 0 Å². The standard InChI is InChI=1S/C18H19N3O4S/c1-12-20-16-9-6-14(11-17(16)25-12)21-18(22)10-5-13-3-7-15(8-4-13)26(23,24)19-2/h3-4,6-9,11,19H,5,10H2,1-2H3,(H,21,22). The quantitative estimate of drug-likeness (QED) is 0.692. The summed E-state index contributed by atoms with van der Waals surface area (Å²) in [5, 5.41) is 2.83. The van der Waals surface area contributed by atoms with Crippen LogP contribution in [0.5, 0.6) is 0 Å². The van der Waals surface area contributed by atoms with Crippen molar-refractivity contribution in [3.63, 3.8) is 0 Å². The van der Waals surface area contributed by atoms with Crippen molar-refractivity contribution in [2.75, 3.05) is 12.4 Å². The number of benzene rings is 2. The smallest absolute Gasteiger partial charge is 0.240 e. The lowest BCUT2D eigenvalue weighted by molar-refractivity contribution is -0.116. The number of carbonyl (C=O) groups is 1. The summed E-state index contributed by atoms with van der Waals surface area (Å²) in [6.07, 6.45) is 0.793. The molecule has 0 saturated heterocycles. The molecule has 0 aliphatic heterocycles. The monoisotopic (exact) mass is 373 g/mol. The molecule has 0 aliphatic rings. The van der Waals surface area contributed by atoms with E-state index >= 15 is 0 Å². The van der Waals surface area contributed by atoms with Gasteiger partial charge in [-0.1, -0.05) is 12.1 Å². The van der Waals surface area contributed by atoms with Crippen molar-refractivity contribution in [2.24, 2.45) is 0 Å². The number of carbonyl (C=O) groups excluding carboxylic acids is 1. The molecule has 26 heavy (non-hydrogen) atoms. The van der Waals surface area contributed by atoms with Gasteiger partial charge in [-0.25, -0.2) is 18.1 Å². The molecular formula is C18H19N3O4S. The third kappa shape index (κ3) is 4.09. The second kappa shape index (κ2) is 7.27. The summed E-state index contributed by atoms with van der Waals surface area (Å²) in [6.45, 7) is 1.77. The fourth-order valence-corrected chi connectivity index (χ4v) is 3.28. The molecule has 0 spiro atoms. The minimum atomic E-state index is -3.45. The van der Waals surface area contributed by atoms with Gasteiger partial charge in [0.1, 0.15) is 5.52 Å². The van der Waals surface area contributed by atoms with Crippen LogP contribution in [0.1, 0.15) is 17.9 Å². The van der Waals surface area contributed by atoms with Gasteiger partial charge in [0.25, 0.3) is 0 Å². The summed E-state index contributed by atoms with van der Waals surface area (Å²) in [4.78, 5) is 16.5. The molecule has 0 atom stereocenters. The number of fused-ring (bicyclic) bond motifs is 1. The molecule has 3 rings (SSSR count). The molecule has 3 aromatic rings. The van der Waals surface area contributed by atoms with E-state index in [0.717, 1.165) is 11.1 Å². The second-order valence-corrected chi connectivity index (χ2v) is 7.70. The number of sulfonamides is 1. The molecule has 7 nitrogen and oxygen atoms in total. The lowest BCUT2D eigenvalue weighted by Crippen LogP contribution is -2.18. The van der Waals surface area contributed by atoms with Crippen molar-refractivity contribution in [3.05, 3.63) is 53.9 Å². The summed E-state index contributed by atoms with van der Waals surface area (Å²) in [5.41, 5.74) is 2.91. The van der Waals surface area contributed by atoms with E-state index in [1.165, 1.54) is 19.2 Å². The lowest BCUT2D eigenvalue weighted by Gasteiger charge is -2.06. The van der Waals surface area contributed by atoms with Gasteiger partial charge in [-0.05, 0) is 43.3 Å². The number of aryl methyl sites for hydroxylation is 2. The van der Waals surface area contributed by atoms with E-state index < -0.39 is 10.0 Å². The SMILES string of the molecule is CNS(=O)(=O)c1ccc(CCC(=O)Nc2ccc3nc(C)oc3c2)cc1. The second-order valence-electron chi connectivity index (χ2n) is 5.82. The molecule has 0 radical (unpaired) electrons. The summed E-state index contributed by atoms with van der Waals surface area (Å²) in [6, 6.07) is 11.8. The topological polar surface area (TPSA) is 101 Å². The van der Waals surface area contributed by atoms with Gasteiger partial charge in [0.2, 0.25) is 15.9 Å². The van der Waals surface area contributed by atoms with Gasteiger partial charge in [-0.3, -0.25) is 4.79 Å². The van der Waals surface area contributed by atoms with Crippen LogP contribution in [0.3, 0.4) is 0 Å². The number of nitrogens with one attached hydrogen (secondary N) is 2. The summed E-state index contributed by atoms with van der Waals surface area (Å²) >= 11 is 0. The van der Waals surface area contributed by atoms with Crippen molar-refractivity contribution >= 4 is 32.7 Å². The van der Waals surface area contributed by atoms with Crippen LogP contribution in [0.4, 0.5) is 5.69 Å². The number of aromatic nitrogens is 1. The molecule has 0 fully saturated rings. The molecule has 2 aromatic carbocycles. The minimum absolute atomic E-state index is 0.132. The minimum Gasteiger partial charge on any atom is -0.441 e. The number of oxazole rings is 1. The fraction of sp³-hybridized carbons (Fsp3) is 0.222. The third-order valence-corrected chi connectivity index (χ3v) is 5.35. The first kappa shape index (κ1) is 18.1. The molecular weight excluding hydrogens is 354 g/mol. The van der Waals surface area contributed by atoms with Gasteiger partial charge in [-0.15, -0.1) is 0 Å². The average molecular weight is 373 g/mol. The maximum Gasteiger partial charge on any atom is 0.240 e. The normalized spacial score (nSPS) is 11.6. The first-order valence-electron chi connectivity index (χ1n) is 8.07. The van der Waals surface area contributed by atoms with Crippen LogP contribution in [0, 0.1) is 6.92 Å². The predicted octanol–water partition coefficient (Wildman–Crippen LogP) is 2.62. The Morgan fingerprint density at radius 2 is 1.88 bits per heavy atom. The zero-order valence-electron chi connectivity index (χ0n) is 14.4. The van der Waals surface area contributed by atoms with Crippen molar-refractivity contribution in [1.29, 1.82) is 0 Å². The number of hydrogen-bond acceptors (Lipinski definition) is 5. The Kier molecular flexibility index (Phi) is 5.06. The molecule has 136 valence electrons. The highest BCUT2D eigenvalue weighted by Gasteiger charge is 2.11. The maximum atomic E-state index is 12.1. The third-order valence-electron chi connectivity index (χ3n) is 3.92. The lowest BCUT2D eigenvalue weighted by atomic mass is 10.1. The van der Waals surface area contributed by atoms with Gasteiger partial charge in [-0.2, -0.15) is 0 Å². The van der Waals surface area contributed by atoms with Crippen molar-refractivity contribution in [1.82, 2.24) is 9.71 Å². The van der Waals surface area contributed by atoms with E-state index in [4.69, 9.17) is 4.42 Å². The average Bonchev–Trinajstić information content (AvgIpc) is 2.99. The Hall–Kier alpha value is -2.71. The van der Waals surface area contributed by atoms with E-state index in [0.29, 0.717) is 23.6 Å². The van der Waals surface area contributed by atoms with Crippen molar-refractivity contribution in [2.45, 2.75) is 24.7 Å². The highest BCUT2D eigenvalue weighted by Crippen LogP contribution is 2.20. The van der Waals surface area contributed by atoms with Gasteiger partial charge >= 0.3 is 0 Å². The molecule has 2 N–H and O–H groups in total. The molecule has 1 aromatic heterocycles. The Bertz CT molecular complexity index is 1040. The Balaban J connectivity index is 1.59. The molecule has 8 heteroatoms. The number of hydrogen-bond donors (Lipinski definition) is 2. The van der Waals surface area contributed by atoms with Gasteiger partial charge < -0.3 is 9.73 Å². The van der Waals surface area contributed by atoms with E-state index in [1.54, 1.807) is 37.3 Å². The van der Waals surface area contributed by atoms with Crippen LogP contribution in [0.2, 0.25) is 0 Å². The Morgan fingerprint density at radius 1 is 1.15 bits per heavy atom. The fourth-order valence-electron chi connectivity index (χ4n) is 2.55. The van der Waals surface area contributed by atoms with Crippen LogP contribution in [0.25, 0.3) is 11.1 Å².